The summed E-state index contributed by atoms with van der Waals surface area (Å²) in [6.45, 7) is 2.26. The van der Waals surface area contributed by atoms with Crippen molar-refractivity contribution in [2.24, 2.45) is 0 Å². The molecule has 1 aliphatic heterocycles. The second kappa shape index (κ2) is 7.94. The number of rotatable bonds is 6. The molecule has 0 unspecified atom stereocenters. The van der Waals surface area contributed by atoms with Crippen LogP contribution in [0.25, 0.3) is 11.3 Å². The first-order valence-electron chi connectivity index (χ1n) is 10.6. The van der Waals surface area contributed by atoms with Crippen LogP contribution in [-0.2, 0) is 6.54 Å². The molecule has 6 heteroatoms. The van der Waals surface area contributed by atoms with Gasteiger partial charge >= 0.3 is 0 Å². The van der Waals surface area contributed by atoms with Gasteiger partial charge in [-0.25, -0.2) is 4.39 Å². The molecule has 0 radical (unpaired) electrons. The SMILES string of the molecule is O=C(c1cccc(F)c1)N(Cc1c(-c2ccccc2)noc1N1CCCC1)C1CC1. The second-order valence-corrected chi connectivity index (χ2v) is 8.05. The third-order valence-corrected chi connectivity index (χ3v) is 5.86. The minimum atomic E-state index is -0.399. The van der Waals surface area contributed by atoms with Gasteiger partial charge in [0.2, 0.25) is 5.88 Å². The summed E-state index contributed by atoms with van der Waals surface area (Å²) in [5.41, 5.74) is 3.05. The topological polar surface area (TPSA) is 49.6 Å². The molecule has 5 nitrogen and oxygen atoms in total. The Bertz CT molecular complexity index is 1040. The van der Waals surface area contributed by atoms with E-state index in [0.29, 0.717) is 12.1 Å². The molecule has 2 aromatic carbocycles. The fourth-order valence-corrected chi connectivity index (χ4v) is 4.15. The van der Waals surface area contributed by atoms with E-state index < -0.39 is 5.82 Å². The maximum Gasteiger partial charge on any atom is 0.254 e. The van der Waals surface area contributed by atoms with Crippen LogP contribution in [0.4, 0.5) is 10.3 Å². The molecule has 2 heterocycles. The standard InChI is InChI=1S/C24H24FN3O2/c25-19-10-6-9-18(15-19)23(29)28(20-11-12-20)16-21-22(17-7-2-1-3-8-17)26-30-24(21)27-13-4-5-14-27/h1-3,6-10,15,20H,4-5,11-14,16H2. The van der Waals surface area contributed by atoms with E-state index in [1.54, 1.807) is 12.1 Å². The maximum atomic E-state index is 13.7. The molecule has 1 saturated heterocycles. The summed E-state index contributed by atoms with van der Waals surface area (Å²) in [6.07, 6.45) is 4.17. The first-order chi connectivity index (χ1) is 14.7. The summed E-state index contributed by atoms with van der Waals surface area (Å²) in [5.74, 6) is 0.206. The maximum absolute atomic E-state index is 13.7. The van der Waals surface area contributed by atoms with E-state index in [4.69, 9.17) is 4.52 Å². The summed E-state index contributed by atoms with van der Waals surface area (Å²) in [5, 5.41) is 4.40. The third kappa shape index (κ3) is 3.70. The van der Waals surface area contributed by atoms with Crippen molar-refractivity contribution in [1.82, 2.24) is 10.1 Å². The van der Waals surface area contributed by atoms with Crippen LogP contribution in [0.2, 0.25) is 0 Å². The summed E-state index contributed by atoms with van der Waals surface area (Å²) in [4.78, 5) is 17.3. The van der Waals surface area contributed by atoms with Crippen molar-refractivity contribution < 1.29 is 13.7 Å². The van der Waals surface area contributed by atoms with Crippen LogP contribution >= 0.6 is 0 Å². The number of carbonyl (C=O) groups excluding carboxylic acids is 1. The largest absolute Gasteiger partial charge is 0.340 e. The zero-order chi connectivity index (χ0) is 20.5. The number of nitrogens with zero attached hydrogens (tertiary/aromatic N) is 3. The van der Waals surface area contributed by atoms with Gasteiger partial charge in [0.1, 0.15) is 11.5 Å². The Kier molecular flexibility index (Phi) is 4.99. The molecule has 0 N–H and O–H groups in total. The minimum Gasteiger partial charge on any atom is -0.340 e. The van der Waals surface area contributed by atoms with E-state index in [1.807, 2.05) is 35.2 Å². The van der Waals surface area contributed by atoms with E-state index in [-0.39, 0.29) is 11.9 Å². The highest BCUT2D eigenvalue weighted by molar-refractivity contribution is 5.94. The van der Waals surface area contributed by atoms with Crippen LogP contribution in [0.5, 0.6) is 0 Å². The van der Waals surface area contributed by atoms with Gasteiger partial charge < -0.3 is 14.3 Å². The minimum absolute atomic E-state index is 0.149. The van der Waals surface area contributed by atoms with E-state index in [0.717, 1.165) is 61.5 Å². The van der Waals surface area contributed by atoms with Crippen LogP contribution in [-0.4, -0.2) is 35.1 Å². The molecule has 2 aliphatic rings. The monoisotopic (exact) mass is 405 g/mol. The zero-order valence-electron chi connectivity index (χ0n) is 16.8. The van der Waals surface area contributed by atoms with Crippen molar-refractivity contribution in [2.75, 3.05) is 18.0 Å². The Morgan fingerprint density at radius 2 is 1.87 bits per heavy atom. The van der Waals surface area contributed by atoms with Crippen molar-refractivity contribution in [3.63, 3.8) is 0 Å². The van der Waals surface area contributed by atoms with Gasteiger partial charge in [0, 0.05) is 30.3 Å². The average Bonchev–Trinajstić information content (AvgIpc) is 3.30. The first-order valence-corrected chi connectivity index (χ1v) is 10.6. The van der Waals surface area contributed by atoms with Gasteiger partial charge in [0.15, 0.2) is 0 Å². The molecule has 154 valence electrons. The van der Waals surface area contributed by atoms with Crippen molar-refractivity contribution in [3.8, 4) is 11.3 Å². The van der Waals surface area contributed by atoms with Crippen LogP contribution in [0, 0.1) is 5.82 Å². The molecule has 0 atom stereocenters. The van der Waals surface area contributed by atoms with Gasteiger partial charge in [-0.15, -0.1) is 0 Å². The van der Waals surface area contributed by atoms with Crippen LogP contribution in [0.3, 0.4) is 0 Å². The average molecular weight is 405 g/mol. The predicted molar refractivity (Wildman–Crippen MR) is 113 cm³/mol. The molecule has 0 spiro atoms. The highest BCUT2D eigenvalue weighted by Gasteiger charge is 2.36. The molecule has 0 bridgehead atoms. The first kappa shape index (κ1) is 18.9. The van der Waals surface area contributed by atoms with E-state index in [9.17, 15) is 9.18 Å². The molecule has 1 amide bonds. The number of hydrogen-bond acceptors (Lipinski definition) is 4. The summed E-state index contributed by atoms with van der Waals surface area (Å²) in [7, 11) is 0. The summed E-state index contributed by atoms with van der Waals surface area (Å²) < 4.78 is 19.6. The highest BCUT2D eigenvalue weighted by Crippen LogP contribution is 2.37. The number of carbonyl (C=O) groups is 1. The van der Waals surface area contributed by atoms with Crippen molar-refractivity contribution in [2.45, 2.75) is 38.3 Å². The van der Waals surface area contributed by atoms with E-state index >= 15 is 0 Å². The Morgan fingerprint density at radius 3 is 2.57 bits per heavy atom. The predicted octanol–water partition coefficient (Wildman–Crippen LogP) is 4.89. The van der Waals surface area contributed by atoms with Gasteiger partial charge in [0.05, 0.1) is 12.1 Å². The zero-order valence-corrected chi connectivity index (χ0v) is 16.8. The molecule has 3 aromatic rings. The quantitative estimate of drug-likeness (QED) is 0.586. The molecule has 30 heavy (non-hydrogen) atoms. The van der Waals surface area contributed by atoms with Crippen molar-refractivity contribution >= 4 is 11.8 Å². The van der Waals surface area contributed by atoms with Crippen molar-refractivity contribution in [3.05, 3.63) is 71.5 Å². The lowest BCUT2D eigenvalue weighted by Crippen LogP contribution is -2.33. The Hall–Kier alpha value is -3.15. The smallest absolute Gasteiger partial charge is 0.254 e. The normalized spacial score (nSPS) is 16.1. The lowest BCUT2D eigenvalue weighted by molar-refractivity contribution is 0.0729. The van der Waals surface area contributed by atoms with Gasteiger partial charge in [-0.05, 0) is 43.9 Å². The number of hydrogen-bond donors (Lipinski definition) is 0. The van der Waals surface area contributed by atoms with E-state index in [2.05, 4.69) is 10.1 Å². The lowest BCUT2D eigenvalue weighted by Gasteiger charge is -2.24. The van der Waals surface area contributed by atoms with E-state index in [1.165, 1.54) is 12.1 Å². The molecular formula is C24H24FN3O2. The van der Waals surface area contributed by atoms with Crippen LogP contribution in [0.1, 0.15) is 41.6 Å². The van der Waals surface area contributed by atoms with Gasteiger partial charge in [-0.1, -0.05) is 41.6 Å². The Labute approximate surface area is 175 Å². The number of aromatic nitrogens is 1. The molecule has 1 aliphatic carbocycles. The van der Waals surface area contributed by atoms with Crippen LogP contribution < -0.4 is 4.90 Å². The molecular weight excluding hydrogens is 381 g/mol. The third-order valence-electron chi connectivity index (χ3n) is 5.86. The lowest BCUT2D eigenvalue weighted by atomic mass is 10.1. The van der Waals surface area contributed by atoms with Crippen molar-refractivity contribution in [1.29, 1.82) is 0 Å². The fraction of sp³-hybridized carbons (Fsp3) is 0.333. The number of benzene rings is 2. The molecule has 2 fully saturated rings. The van der Waals surface area contributed by atoms with Gasteiger partial charge in [-0.3, -0.25) is 4.79 Å². The number of anilines is 1. The highest BCUT2D eigenvalue weighted by atomic mass is 19.1. The fourth-order valence-electron chi connectivity index (χ4n) is 4.15. The van der Waals surface area contributed by atoms with Crippen LogP contribution in [0.15, 0.2) is 59.1 Å². The Balaban J connectivity index is 1.52. The van der Waals surface area contributed by atoms with Gasteiger partial charge in [-0.2, -0.15) is 0 Å². The second-order valence-electron chi connectivity index (χ2n) is 8.05. The summed E-state index contributed by atoms with van der Waals surface area (Å²) in [6, 6.07) is 16.0. The van der Waals surface area contributed by atoms with Gasteiger partial charge in [0.25, 0.3) is 5.91 Å². The molecule has 5 rings (SSSR count). The molecule has 1 saturated carbocycles. The summed E-state index contributed by atoms with van der Waals surface area (Å²) >= 11 is 0. The number of amides is 1. The Morgan fingerprint density at radius 1 is 1.10 bits per heavy atom. The molecule has 1 aromatic heterocycles. The number of halogens is 1.